The van der Waals surface area contributed by atoms with Crippen LogP contribution < -0.4 is 0 Å². The molecule has 9 atom stereocenters. The average Bonchev–Trinajstić information content (AvgIpc) is 3.38. The summed E-state index contributed by atoms with van der Waals surface area (Å²) in [4.78, 5) is 36.6. The first kappa shape index (κ1) is 30.2. The van der Waals surface area contributed by atoms with Crippen LogP contribution in [0.25, 0.3) is 0 Å². The van der Waals surface area contributed by atoms with Crippen molar-refractivity contribution < 1.29 is 28.6 Å². The fraction of sp³-hybridized carbons (Fsp3) is 0.710. The van der Waals surface area contributed by atoms with Gasteiger partial charge in [-0.3, -0.25) is 14.4 Å². The Labute approximate surface area is 237 Å². The number of carbonyl (C=O) groups excluding carboxylic acids is 3. The van der Waals surface area contributed by atoms with E-state index in [0.717, 1.165) is 24.8 Å². The first-order valence-electron chi connectivity index (χ1n) is 14.7. The van der Waals surface area contributed by atoms with Crippen LogP contribution in [-0.4, -0.2) is 51.5 Å². The molecule has 1 aliphatic heterocycles. The van der Waals surface area contributed by atoms with Gasteiger partial charge < -0.3 is 14.2 Å². The van der Waals surface area contributed by atoms with Crippen molar-refractivity contribution in [2.45, 2.75) is 98.5 Å². The van der Waals surface area contributed by atoms with Crippen molar-refractivity contribution in [3.63, 3.8) is 0 Å². The molecule has 0 N–H and O–H groups in total. The number of rotatable bonds is 9. The minimum Gasteiger partial charge on any atom is -0.463 e. The SMILES string of the molecule is C=C(C(=O)CCc1cn(C2OC(COC(C)=O)[C@H](C)[C@H](C)[C@@H]2OC(C)=O)nn1)[C@@H]1CC[C@@H](C)[C@@H]2CCC(C)=C[C@@H]21. The number of Topliss-reactive ketones (excluding diaryl/α,β-unsaturated/α-hetero) is 1. The van der Waals surface area contributed by atoms with Crippen LogP contribution >= 0.6 is 0 Å². The second-order valence-electron chi connectivity index (χ2n) is 12.3. The second kappa shape index (κ2) is 12.8. The molecule has 9 heteroatoms. The Hall–Kier alpha value is -2.81. The number of hydrogen-bond acceptors (Lipinski definition) is 8. The molecular weight excluding hydrogens is 510 g/mol. The quantitative estimate of drug-likeness (QED) is 0.237. The van der Waals surface area contributed by atoms with Crippen LogP contribution in [0.4, 0.5) is 0 Å². The van der Waals surface area contributed by atoms with Crippen LogP contribution in [0, 0.1) is 35.5 Å². The van der Waals surface area contributed by atoms with Gasteiger partial charge in [-0.2, -0.15) is 0 Å². The lowest BCUT2D eigenvalue weighted by Crippen LogP contribution is -2.50. The van der Waals surface area contributed by atoms with E-state index < -0.39 is 24.4 Å². The molecule has 3 aliphatic rings. The van der Waals surface area contributed by atoms with E-state index in [2.05, 4.69) is 36.8 Å². The summed E-state index contributed by atoms with van der Waals surface area (Å²) in [6, 6.07) is 0. The maximum absolute atomic E-state index is 13.3. The molecule has 0 spiro atoms. The third-order valence-electron chi connectivity index (χ3n) is 9.49. The fourth-order valence-corrected chi connectivity index (χ4v) is 6.86. The molecule has 2 unspecified atom stereocenters. The lowest BCUT2D eigenvalue weighted by molar-refractivity contribution is -0.227. The van der Waals surface area contributed by atoms with Crippen LogP contribution in [0.3, 0.4) is 0 Å². The Bertz CT molecular complexity index is 1140. The van der Waals surface area contributed by atoms with Crippen LogP contribution in [-0.2, 0) is 35.0 Å². The molecule has 4 rings (SSSR count). The third kappa shape index (κ3) is 6.73. The lowest BCUT2D eigenvalue weighted by atomic mass is 9.61. The van der Waals surface area contributed by atoms with Crippen molar-refractivity contribution >= 4 is 17.7 Å². The summed E-state index contributed by atoms with van der Waals surface area (Å²) in [5, 5.41) is 8.56. The van der Waals surface area contributed by atoms with E-state index in [1.807, 2.05) is 13.8 Å². The zero-order valence-electron chi connectivity index (χ0n) is 24.8. The van der Waals surface area contributed by atoms with Gasteiger partial charge in [-0.05, 0) is 67.8 Å². The van der Waals surface area contributed by atoms with Gasteiger partial charge in [0.05, 0.1) is 18.0 Å². The minimum absolute atomic E-state index is 0.0308. The molecule has 1 aromatic rings. The van der Waals surface area contributed by atoms with E-state index >= 15 is 0 Å². The maximum atomic E-state index is 13.3. The Kier molecular flexibility index (Phi) is 9.64. The predicted molar refractivity (Wildman–Crippen MR) is 149 cm³/mol. The van der Waals surface area contributed by atoms with Crippen molar-refractivity contribution in [1.29, 1.82) is 0 Å². The molecule has 2 heterocycles. The fourth-order valence-electron chi connectivity index (χ4n) is 6.86. The smallest absolute Gasteiger partial charge is 0.303 e. The maximum Gasteiger partial charge on any atom is 0.303 e. The molecule has 0 aromatic carbocycles. The number of carbonyl (C=O) groups is 3. The Morgan fingerprint density at radius 2 is 1.85 bits per heavy atom. The van der Waals surface area contributed by atoms with E-state index in [4.69, 9.17) is 14.2 Å². The van der Waals surface area contributed by atoms with Gasteiger partial charge in [-0.25, -0.2) is 4.68 Å². The third-order valence-corrected chi connectivity index (χ3v) is 9.49. The van der Waals surface area contributed by atoms with Crippen LogP contribution in [0.2, 0.25) is 0 Å². The van der Waals surface area contributed by atoms with Gasteiger partial charge in [-0.15, -0.1) is 5.10 Å². The van der Waals surface area contributed by atoms with E-state index in [9.17, 15) is 14.4 Å². The Morgan fingerprint density at radius 3 is 2.55 bits per heavy atom. The average molecular weight is 556 g/mol. The lowest BCUT2D eigenvalue weighted by Gasteiger charge is -2.44. The number of aromatic nitrogens is 3. The van der Waals surface area contributed by atoms with Crippen molar-refractivity contribution in [2.24, 2.45) is 35.5 Å². The summed E-state index contributed by atoms with van der Waals surface area (Å²) < 4.78 is 18.7. The van der Waals surface area contributed by atoms with Crippen LogP contribution in [0.1, 0.15) is 85.6 Å². The zero-order chi connectivity index (χ0) is 29.1. The minimum atomic E-state index is -0.731. The molecule has 1 saturated heterocycles. The summed E-state index contributed by atoms with van der Waals surface area (Å²) in [5.41, 5.74) is 2.81. The van der Waals surface area contributed by atoms with Crippen molar-refractivity contribution in [1.82, 2.24) is 15.0 Å². The summed E-state index contributed by atoms with van der Waals surface area (Å²) in [6.07, 6.45) is 7.67. The number of hydrogen-bond donors (Lipinski definition) is 0. The molecule has 0 amide bonds. The van der Waals surface area contributed by atoms with Gasteiger partial charge in [-0.1, -0.05) is 44.2 Å². The summed E-state index contributed by atoms with van der Waals surface area (Å²) in [5.74, 6) is 1.09. The molecule has 220 valence electrons. The number of aryl methyl sites for hydroxylation is 1. The predicted octanol–water partition coefficient (Wildman–Crippen LogP) is 5.02. The molecule has 1 saturated carbocycles. The summed E-state index contributed by atoms with van der Waals surface area (Å²) >= 11 is 0. The molecule has 2 fully saturated rings. The standard InChI is InChI=1S/C31H45N3O6/c1-17-8-11-25-18(2)9-12-26(27(25)14-17)21(5)28(37)13-10-24-15-34(33-32-24)31-30(39-23(7)36)20(4)19(3)29(40-31)16-38-22(6)35/h14-15,18-20,25-27,29-31H,5,8-13,16H2,1-4,6-7H3/t18-,19-,20+,25+,26+,27+,29?,30+,31?/m1/s1. The molecule has 0 bridgehead atoms. The number of ether oxygens (including phenoxy) is 3. The highest BCUT2D eigenvalue weighted by atomic mass is 16.6. The molecule has 0 radical (unpaired) electrons. The topological polar surface area (TPSA) is 110 Å². The number of nitrogens with zero attached hydrogens (tertiary/aromatic N) is 3. The van der Waals surface area contributed by atoms with E-state index in [1.54, 1.807) is 10.9 Å². The molecule has 2 aliphatic carbocycles. The first-order chi connectivity index (χ1) is 19.0. The molecule has 9 nitrogen and oxygen atoms in total. The highest BCUT2D eigenvalue weighted by Gasteiger charge is 2.45. The number of esters is 2. The van der Waals surface area contributed by atoms with Gasteiger partial charge in [0.15, 0.2) is 18.1 Å². The van der Waals surface area contributed by atoms with Gasteiger partial charge in [0.25, 0.3) is 0 Å². The van der Waals surface area contributed by atoms with Gasteiger partial charge in [0.2, 0.25) is 0 Å². The van der Waals surface area contributed by atoms with Crippen molar-refractivity contribution in [2.75, 3.05) is 6.61 Å². The first-order valence-corrected chi connectivity index (χ1v) is 14.7. The zero-order valence-corrected chi connectivity index (χ0v) is 24.8. The summed E-state index contributed by atoms with van der Waals surface area (Å²) in [7, 11) is 0. The highest BCUT2D eigenvalue weighted by Crippen LogP contribution is 2.48. The van der Waals surface area contributed by atoms with Gasteiger partial charge >= 0.3 is 11.9 Å². The number of fused-ring (bicyclic) bond motifs is 1. The van der Waals surface area contributed by atoms with Crippen LogP contribution in [0.15, 0.2) is 30.0 Å². The van der Waals surface area contributed by atoms with Gasteiger partial charge in [0.1, 0.15) is 6.61 Å². The van der Waals surface area contributed by atoms with E-state index in [1.165, 1.54) is 25.8 Å². The Balaban J connectivity index is 1.42. The van der Waals surface area contributed by atoms with Crippen molar-refractivity contribution in [3.05, 3.63) is 35.7 Å². The molecule has 1 aromatic heterocycles. The van der Waals surface area contributed by atoms with Crippen molar-refractivity contribution in [3.8, 4) is 0 Å². The number of ketones is 1. The normalized spacial score (nSPS) is 33.9. The molecular formula is C31H45N3O6. The van der Waals surface area contributed by atoms with Crippen LogP contribution in [0.5, 0.6) is 0 Å². The highest BCUT2D eigenvalue weighted by molar-refractivity contribution is 5.95. The van der Waals surface area contributed by atoms with E-state index in [0.29, 0.717) is 36.3 Å². The number of allylic oxidation sites excluding steroid dienone is 3. The monoisotopic (exact) mass is 555 g/mol. The second-order valence-corrected chi connectivity index (χ2v) is 12.3. The Morgan fingerprint density at radius 1 is 1.10 bits per heavy atom. The largest absolute Gasteiger partial charge is 0.463 e. The summed E-state index contributed by atoms with van der Waals surface area (Å²) in [6.45, 7) is 15.6. The van der Waals surface area contributed by atoms with Gasteiger partial charge in [0, 0.05) is 32.6 Å². The molecule has 40 heavy (non-hydrogen) atoms. The van der Waals surface area contributed by atoms with E-state index in [-0.39, 0.29) is 36.1 Å².